The Kier molecular flexibility index (Phi) is 3.60. The van der Waals surface area contributed by atoms with Crippen LogP contribution in [0.3, 0.4) is 0 Å². The second-order valence-electron chi connectivity index (χ2n) is 3.11. The van der Waals surface area contributed by atoms with Gasteiger partial charge in [0, 0.05) is 5.56 Å². The number of aryl methyl sites for hydroxylation is 1. The molecule has 2 aromatic rings. The first kappa shape index (κ1) is 11.7. The fraction of sp³-hybridized carbons (Fsp3) is 0.200. The van der Waals surface area contributed by atoms with Crippen LogP contribution in [0.2, 0.25) is 0 Å². The number of hydrogen-bond acceptors (Lipinski definition) is 2. The third-order valence-corrected chi connectivity index (χ3v) is 4.91. The largest absolute Gasteiger partial charge is 0.467 e. The van der Waals surface area contributed by atoms with Crippen LogP contribution in [0, 0.1) is 6.92 Å². The van der Waals surface area contributed by atoms with E-state index in [9.17, 15) is 0 Å². The zero-order valence-electron chi connectivity index (χ0n) is 7.76. The minimum atomic E-state index is -0.239. The van der Waals surface area contributed by atoms with Gasteiger partial charge < -0.3 is 4.42 Å². The van der Waals surface area contributed by atoms with E-state index in [1.54, 1.807) is 17.6 Å². The van der Waals surface area contributed by atoms with Crippen molar-refractivity contribution >= 4 is 54.8 Å². The molecule has 0 N–H and O–H groups in total. The van der Waals surface area contributed by atoms with Crippen LogP contribution in [0.5, 0.6) is 0 Å². The van der Waals surface area contributed by atoms with Gasteiger partial charge in [0.2, 0.25) is 0 Å². The highest BCUT2D eigenvalue weighted by Gasteiger charge is 2.20. The summed E-state index contributed by atoms with van der Waals surface area (Å²) in [5.74, 6) is 0.808. The van der Waals surface area contributed by atoms with Crippen molar-refractivity contribution in [3.05, 3.63) is 42.9 Å². The molecular formula is C10H7Br2ClOS. The zero-order valence-corrected chi connectivity index (χ0v) is 12.5. The molecule has 0 amide bonds. The first-order chi connectivity index (χ1) is 7.09. The minimum Gasteiger partial charge on any atom is -0.467 e. The normalized spacial score (nSPS) is 13.1. The highest BCUT2D eigenvalue weighted by molar-refractivity contribution is 9.12. The van der Waals surface area contributed by atoms with Crippen molar-refractivity contribution in [2.24, 2.45) is 0 Å². The monoisotopic (exact) mass is 368 g/mol. The number of halogens is 3. The average Bonchev–Trinajstić information content (AvgIpc) is 2.71. The van der Waals surface area contributed by atoms with Crippen molar-refractivity contribution in [3.63, 3.8) is 0 Å². The average molecular weight is 370 g/mol. The molecule has 0 aromatic carbocycles. The van der Waals surface area contributed by atoms with Crippen LogP contribution in [0.1, 0.15) is 22.3 Å². The van der Waals surface area contributed by atoms with Crippen molar-refractivity contribution in [1.82, 2.24) is 0 Å². The highest BCUT2D eigenvalue weighted by Crippen LogP contribution is 2.41. The molecule has 2 heterocycles. The Balaban J connectivity index is 2.40. The molecule has 0 aliphatic rings. The van der Waals surface area contributed by atoms with Crippen LogP contribution in [0.4, 0.5) is 0 Å². The molecule has 0 fully saturated rings. The molecule has 0 aliphatic heterocycles. The molecule has 0 radical (unpaired) electrons. The first-order valence-electron chi connectivity index (χ1n) is 4.22. The van der Waals surface area contributed by atoms with Crippen LogP contribution < -0.4 is 0 Å². The van der Waals surface area contributed by atoms with Gasteiger partial charge in [0.05, 0.1) is 13.8 Å². The zero-order chi connectivity index (χ0) is 11.0. The third kappa shape index (κ3) is 2.33. The quantitative estimate of drug-likeness (QED) is 0.636. The van der Waals surface area contributed by atoms with Crippen LogP contribution in [0.15, 0.2) is 30.4 Å². The molecule has 0 spiro atoms. The Bertz CT molecular complexity index is 477. The summed E-state index contributed by atoms with van der Waals surface area (Å²) in [6.07, 6.45) is 1.66. The molecule has 0 saturated heterocycles. The summed E-state index contributed by atoms with van der Waals surface area (Å²) in [5, 5.41) is -0.239. The standard InChI is InChI=1S/C10H7Br2ClOS/c1-5-2-3-14-9(5)8(13)6-4-7(11)15-10(6)12/h2-4,8H,1H3. The third-order valence-electron chi connectivity index (χ3n) is 2.09. The molecule has 80 valence electrons. The lowest BCUT2D eigenvalue weighted by atomic mass is 10.1. The summed E-state index contributed by atoms with van der Waals surface area (Å²) in [6, 6.07) is 3.93. The number of thiophene rings is 1. The lowest BCUT2D eigenvalue weighted by molar-refractivity contribution is 0.513. The molecular weight excluding hydrogens is 363 g/mol. The lowest BCUT2D eigenvalue weighted by Crippen LogP contribution is -1.91. The maximum absolute atomic E-state index is 6.36. The van der Waals surface area contributed by atoms with Gasteiger partial charge in [0.1, 0.15) is 11.1 Å². The van der Waals surface area contributed by atoms with Gasteiger partial charge in [-0.2, -0.15) is 0 Å². The van der Waals surface area contributed by atoms with E-state index in [0.717, 1.165) is 24.5 Å². The Hall–Kier alpha value is 0.230. The maximum atomic E-state index is 6.36. The number of hydrogen-bond donors (Lipinski definition) is 0. The van der Waals surface area contributed by atoms with Gasteiger partial charge in [-0.25, -0.2) is 0 Å². The van der Waals surface area contributed by atoms with E-state index in [4.69, 9.17) is 16.0 Å². The number of furan rings is 1. The second kappa shape index (κ2) is 4.62. The first-order valence-corrected chi connectivity index (χ1v) is 7.06. The van der Waals surface area contributed by atoms with Crippen molar-refractivity contribution in [2.45, 2.75) is 12.3 Å². The van der Waals surface area contributed by atoms with Crippen molar-refractivity contribution in [3.8, 4) is 0 Å². The van der Waals surface area contributed by atoms with Crippen molar-refractivity contribution in [1.29, 1.82) is 0 Å². The molecule has 2 aromatic heterocycles. The van der Waals surface area contributed by atoms with Gasteiger partial charge in [-0.3, -0.25) is 0 Å². The van der Waals surface area contributed by atoms with E-state index in [1.807, 2.05) is 19.1 Å². The molecule has 0 aliphatic carbocycles. The van der Waals surface area contributed by atoms with E-state index < -0.39 is 0 Å². The summed E-state index contributed by atoms with van der Waals surface area (Å²) in [6.45, 7) is 1.99. The lowest BCUT2D eigenvalue weighted by Gasteiger charge is -2.06. The van der Waals surface area contributed by atoms with E-state index in [0.29, 0.717) is 0 Å². The van der Waals surface area contributed by atoms with Gasteiger partial charge >= 0.3 is 0 Å². The number of rotatable bonds is 2. The summed E-state index contributed by atoms with van der Waals surface area (Å²) in [4.78, 5) is 0. The second-order valence-corrected chi connectivity index (χ2v) is 7.30. The molecule has 2 rings (SSSR count). The van der Waals surface area contributed by atoms with Gasteiger partial charge in [-0.1, -0.05) is 0 Å². The maximum Gasteiger partial charge on any atom is 0.129 e. The summed E-state index contributed by atoms with van der Waals surface area (Å²) < 4.78 is 7.47. The van der Waals surface area contributed by atoms with Crippen LogP contribution in [-0.2, 0) is 0 Å². The molecule has 1 atom stereocenters. The van der Waals surface area contributed by atoms with Gasteiger partial charge in [0.15, 0.2) is 0 Å². The molecule has 0 bridgehead atoms. The fourth-order valence-corrected chi connectivity index (χ4v) is 4.81. The number of alkyl halides is 1. The Morgan fingerprint density at radius 1 is 1.47 bits per heavy atom. The minimum absolute atomic E-state index is 0.239. The van der Waals surface area contributed by atoms with Crippen molar-refractivity contribution in [2.75, 3.05) is 0 Å². The molecule has 1 nitrogen and oxygen atoms in total. The van der Waals surface area contributed by atoms with Crippen LogP contribution >= 0.6 is 54.8 Å². The van der Waals surface area contributed by atoms with Gasteiger partial charge in [-0.15, -0.1) is 22.9 Å². The summed E-state index contributed by atoms with van der Waals surface area (Å²) >= 11 is 14.9. The fourth-order valence-electron chi connectivity index (χ4n) is 1.31. The summed E-state index contributed by atoms with van der Waals surface area (Å²) in [5.41, 5.74) is 2.11. The molecule has 1 unspecified atom stereocenters. The van der Waals surface area contributed by atoms with Gasteiger partial charge in [-0.05, 0) is 56.5 Å². The van der Waals surface area contributed by atoms with Crippen molar-refractivity contribution < 1.29 is 4.42 Å². The SMILES string of the molecule is Cc1ccoc1C(Cl)c1cc(Br)sc1Br. The Morgan fingerprint density at radius 3 is 2.67 bits per heavy atom. The van der Waals surface area contributed by atoms with E-state index in [-0.39, 0.29) is 5.38 Å². The molecule has 0 saturated carbocycles. The Labute approximate surface area is 114 Å². The highest BCUT2D eigenvalue weighted by atomic mass is 79.9. The molecule has 5 heteroatoms. The predicted octanol–water partition coefficient (Wildman–Crippen LogP) is 5.50. The van der Waals surface area contributed by atoms with E-state index in [1.165, 1.54) is 0 Å². The van der Waals surface area contributed by atoms with E-state index >= 15 is 0 Å². The Morgan fingerprint density at radius 2 is 2.20 bits per heavy atom. The predicted molar refractivity (Wildman–Crippen MR) is 70.9 cm³/mol. The smallest absolute Gasteiger partial charge is 0.129 e. The van der Waals surface area contributed by atoms with Gasteiger partial charge in [0.25, 0.3) is 0 Å². The summed E-state index contributed by atoms with van der Waals surface area (Å²) in [7, 11) is 0. The van der Waals surface area contributed by atoms with Crippen LogP contribution in [0.25, 0.3) is 0 Å². The van der Waals surface area contributed by atoms with E-state index in [2.05, 4.69) is 31.9 Å². The molecule has 15 heavy (non-hydrogen) atoms. The topological polar surface area (TPSA) is 13.1 Å². The van der Waals surface area contributed by atoms with Crippen LogP contribution in [-0.4, -0.2) is 0 Å².